The predicted octanol–water partition coefficient (Wildman–Crippen LogP) is 3.66. The molecule has 4 nitrogen and oxygen atoms in total. The maximum atomic E-state index is 4.85. The first kappa shape index (κ1) is 13.9. The molecule has 0 aliphatic carbocycles. The highest BCUT2D eigenvalue weighted by atomic mass is 15.1. The Morgan fingerprint density at radius 1 is 1.04 bits per heavy atom. The summed E-state index contributed by atoms with van der Waals surface area (Å²) >= 11 is 0. The quantitative estimate of drug-likeness (QED) is 0.426. The average molecular weight is 303 g/mol. The van der Waals surface area contributed by atoms with Gasteiger partial charge in [-0.25, -0.2) is 9.55 Å². The molecule has 0 saturated heterocycles. The standard InChI is InChI=1S/C19H19N4/c1-2-3-11-22-12-13-23(14-22)17-9-8-16-7-6-15-5-4-10-20-18(15)19(16)21-17/h4-10,12-14H,2-3,11H2,1H3/q+1. The van der Waals surface area contributed by atoms with Gasteiger partial charge in [0.05, 0.1) is 12.1 Å². The van der Waals surface area contributed by atoms with Crippen LogP contribution >= 0.6 is 0 Å². The topological polar surface area (TPSA) is 34.6 Å². The Labute approximate surface area is 135 Å². The van der Waals surface area contributed by atoms with E-state index >= 15 is 0 Å². The average Bonchev–Trinajstić information content (AvgIpc) is 3.08. The molecule has 23 heavy (non-hydrogen) atoms. The molecule has 4 aromatic rings. The summed E-state index contributed by atoms with van der Waals surface area (Å²) in [5.41, 5.74) is 1.91. The molecule has 0 spiro atoms. The van der Waals surface area contributed by atoms with Crippen LogP contribution in [0.4, 0.5) is 0 Å². The van der Waals surface area contributed by atoms with Gasteiger partial charge in [-0.05, 0) is 18.6 Å². The van der Waals surface area contributed by atoms with Gasteiger partial charge in [0.1, 0.15) is 17.9 Å². The van der Waals surface area contributed by atoms with Gasteiger partial charge in [0, 0.05) is 23.0 Å². The Balaban J connectivity index is 1.81. The molecule has 3 aromatic heterocycles. The van der Waals surface area contributed by atoms with Crippen LogP contribution in [0.15, 0.2) is 61.3 Å². The normalized spacial score (nSPS) is 11.3. The number of aromatic nitrogens is 4. The zero-order valence-electron chi connectivity index (χ0n) is 13.2. The predicted molar refractivity (Wildman–Crippen MR) is 91.5 cm³/mol. The summed E-state index contributed by atoms with van der Waals surface area (Å²) in [7, 11) is 0. The van der Waals surface area contributed by atoms with Gasteiger partial charge < -0.3 is 0 Å². The van der Waals surface area contributed by atoms with Crippen LogP contribution in [0.3, 0.4) is 0 Å². The van der Waals surface area contributed by atoms with Gasteiger partial charge in [0.25, 0.3) is 0 Å². The van der Waals surface area contributed by atoms with Crippen molar-refractivity contribution in [1.29, 1.82) is 0 Å². The summed E-state index contributed by atoms with van der Waals surface area (Å²) in [6, 6.07) is 12.4. The fourth-order valence-electron chi connectivity index (χ4n) is 2.86. The molecule has 3 heterocycles. The Bertz CT molecular complexity index is 971. The zero-order valence-corrected chi connectivity index (χ0v) is 13.2. The van der Waals surface area contributed by atoms with E-state index in [-0.39, 0.29) is 0 Å². The van der Waals surface area contributed by atoms with Gasteiger partial charge in [0.15, 0.2) is 0 Å². The first-order chi connectivity index (χ1) is 11.3. The third-order valence-corrected chi connectivity index (χ3v) is 4.14. The van der Waals surface area contributed by atoms with Crippen LogP contribution in [0, 0.1) is 0 Å². The molecular formula is C19H19N4+. The highest BCUT2D eigenvalue weighted by Gasteiger charge is 2.10. The number of aryl methyl sites for hydroxylation is 1. The van der Waals surface area contributed by atoms with E-state index in [1.165, 1.54) is 12.8 Å². The summed E-state index contributed by atoms with van der Waals surface area (Å²) in [6.07, 6.45) is 10.5. The Morgan fingerprint density at radius 3 is 2.74 bits per heavy atom. The van der Waals surface area contributed by atoms with E-state index in [0.29, 0.717) is 0 Å². The molecule has 0 atom stereocenters. The van der Waals surface area contributed by atoms with Gasteiger partial charge in [-0.2, -0.15) is 4.57 Å². The second kappa shape index (κ2) is 5.80. The van der Waals surface area contributed by atoms with Crippen LogP contribution in [-0.2, 0) is 6.54 Å². The van der Waals surface area contributed by atoms with E-state index in [9.17, 15) is 0 Å². The van der Waals surface area contributed by atoms with Crippen LogP contribution in [0.2, 0.25) is 0 Å². The number of fused-ring (bicyclic) bond motifs is 3. The van der Waals surface area contributed by atoms with Gasteiger partial charge in [-0.15, -0.1) is 0 Å². The fourth-order valence-corrected chi connectivity index (χ4v) is 2.86. The summed E-state index contributed by atoms with van der Waals surface area (Å²) in [6.45, 7) is 3.25. The number of pyridine rings is 2. The highest BCUT2D eigenvalue weighted by molar-refractivity contribution is 6.02. The van der Waals surface area contributed by atoms with E-state index in [1.54, 1.807) is 0 Å². The van der Waals surface area contributed by atoms with Gasteiger partial charge in [-0.1, -0.05) is 31.5 Å². The number of hydrogen-bond acceptors (Lipinski definition) is 2. The minimum atomic E-state index is 0.922. The summed E-state index contributed by atoms with van der Waals surface area (Å²) in [5, 5.41) is 2.24. The van der Waals surface area contributed by atoms with Crippen LogP contribution in [0.1, 0.15) is 19.8 Å². The van der Waals surface area contributed by atoms with E-state index in [0.717, 1.165) is 34.2 Å². The molecular weight excluding hydrogens is 284 g/mol. The van der Waals surface area contributed by atoms with Crippen molar-refractivity contribution in [3.63, 3.8) is 0 Å². The van der Waals surface area contributed by atoms with Gasteiger partial charge in [0.2, 0.25) is 12.1 Å². The molecule has 0 N–H and O–H groups in total. The van der Waals surface area contributed by atoms with E-state index in [1.807, 2.05) is 12.3 Å². The number of unbranched alkanes of at least 4 members (excludes halogenated alkanes) is 1. The Morgan fingerprint density at radius 2 is 1.87 bits per heavy atom. The number of nitrogens with zero attached hydrogens (tertiary/aromatic N) is 4. The van der Waals surface area contributed by atoms with Crippen LogP contribution < -0.4 is 4.57 Å². The lowest BCUT2D eigenvalue weighted by atomic mass is 10.1. The monoisotopic (exact) mass is 303 g/mol. The van der Waals surface area contributed by atoms with Crippen LogP contribution in [-0.4, -0.2) is 14.5 Å². The van der Waals surface area contributed by atoms with Crippen molar-refractivity contribution >= 4 is 21.8 Å². The first-order valence-electron chi connectivity index (χ1n) is 8.07. The molecule has 0 aliphatic rings. The summed E-state index contributed by atoms with van der Waals surface area (Å²) in [5.74, 6) is 0.922. The molecule has 0 aliphatic heterocycles. The lowest BCUT2D eigenvalue weighted by Crippen LogP contribution is -2.30. The van der Waals surface area contributed by atoms with Crippen LogP contribution in [0.5, 0.6) is 0 Å². The largest absolute Gasteiger partial charge is 0.254 e. The molecule has 4 rings (SSSR count). The van der Waals surface area contributed by atoms with Crippen molar-refractivity contribution in [3.05, 3.63) is 61.3 Å². The highest BCUT2D eigenvalue weighted by Crippen LogP contribution is 2.22. The van der Waals surface area contributed by atoms with Gasteiger partial charge in [-0.3, -0.25) is 4.98 Å². The molecule has 1 aromatic carbocycles. The zero-order chi connectivity index (χ0) is 15.6. The first-order valence-corrected chi connectivity index (χ1v) is 8.07. The van der Waals surface area contributed by atoms with Crippen molar-refractivity contribution in [2.24, 2.45) is 0 Å². The van der Waals surface area contributed by atoms with Crippen molar-refractivity contribution in [3.8, 4) is 5.82 Å². The van der Waals surface area contributed by atoms with Crippen molar-refractivity contribution in [2.45, 2.75) is 26.3 Å². The lowest BCUT2D eigenvalue weighted by Gasteiger charge is -2.03. The number of benzene rings is 1. The Hall–Kier alpha value is -2.75. The fraction of sp³-hybridized carbons (Fsp3) is 0.211. The molecule has 0 radical (unpaired) electrons. The Kier molecular flexibility index (Phi) is 3.50. The van der Waals surface area contributed by atoms with Gasteiger partial charge >= 0.3 is 0 Å². The molecule has 0 bridgehead atoms. The summed E-state index contributed by atoms with van der Waals surface area (Å²) < 4.78 is 4.27. The second-order valence-corrected chi connectivity index (χ2v) is 5.79. The SMILES string of the molecule is CCCC[n+]1ccn(-c2ccc3ccc4cccnc4c3n2)c1. The number of imidazole rings is 1. The van der Waals surface area contributed by atoms with Crippen LogP contribution in [0.25, 0.3) is 27.6 Å². The minimum absolute atomic E-state index is 0.922. The summed E-state index contributed by atoms with van der Waals surface area (Å²) in [4.78, 5) is 9.37. The molecule has 0 fully saturated rings. The third-order valence-electron chi connectivity index (χ3n) is 4.14. The molecule has 0 saturated carbocycles. The maximum absolute atomic E-state index is 4.85. The lowest BCUT2D eigenvalue weighted by molar-refractivity contribution is -0.696. The molecule has 4 heteroatoms. The third kappa shape index (κ3) is 2.57. The smallest absolute Gasteiger partial charge is 0.250 e. The van der Waals surface area contributed by atoms with Crippen molar-refractivity contribution in [1.82, 2.24) is 14.5 Å². The van der Waals surface area contributed by atoms with Crippen molar-refractivity contribution in [2.75, 3.05) is 0 Å². The maximum Gasteiger partial charge on any atom is 0.250 e. The molecule has 114 valence electrons. The van der Waals surface area contributed by atoms with E-state index in [4.69, 9.17) is 4.98 Å². The number of hydrogen-bond donors (Lipinski definition) is 0. The molecule has 0 amide bonds. The molecule has 0 unspecified atom stereocenters. The minimum Gasteiger partial charge on any atom is -0.254 e. The van der Waals surface area contributed by atoms with E-state index in [2.05, 4.69) is 70.1 Å². The second-order valence-electron chi connectivity index (χ2n) is 5.79. The van der Waals surface area contributed by atoms with Crippen molar-refractivity contribution < 1.29 is 4.57 Å². The van der Waals surface area contributed by atoms with E-state index < -0.39 is 0 Å². The number of rotatable bonds is 4.